The molecule has 0 fully saturated rings. The highest BCUT2D eigenvalue weighted by Gasteiger charge is 2.19. The number of fused-ring (bicyclic) bond motifs is 1. The number of aliphatic hydroxyl groups is 1. The Morgan fingerprint density at radius 3 is 2.79 bits per heavy atom. The Labute approximate surface area is 145 Å². The minimum atomic E-state index is -0.681. The van der Waals surface area contributed by atoms with Gasteiger partial charge in [0.15, 0.2) is 4.96 Å². The van der Waals surface area contributed by atoms with Gasteiger partial charge in [0.05, 0.1) is 24.8 Å². The molecule has 2 heterocycles. The van der Waals surface area contributed by atoms with Crippen LogP contribution in [-0.4, -0.2) is 38.4 Å². The van der Waals surface area contributed by atoms with E-state index in [9.17, 15) is 9.90 Å². The van der Waals surface area contributed by atoms with Crippen LogP contribution in [0.25, 0.3) is 4.96 Å². The Morgan fingerprint density at radius 2 is 2.12 bits per heavy atom. The van der Waals surface area contributed by atoms with Crippen LogP contribution in [0.5, 0.6) is 0 Å². The molecule has 1 atom stereocenters. The molecule has 1 N–H and O–H groups in total. The molecule has 0 radical (unpaired) electrons. The summed E-state index contributed by atoms with van der Waals surface area (Å²) in [6, 6.07) is 7.74. The molecule has 5 nitrogen and oxygen atoms in total. The van der Waals surface area contributed by atoms with Gasteiger partial charge in [-0.05, 0) is 19.4 Å². The number of imidazole rings is 1. The summed E-state index contributed by atoms with van der Waals surface area (Å²) in [5.41, 5.74) is 2.73. The van der Waals surface area contributed by atoms with Gasteiger partial charge in [0.1, 0.15) is 0 Å². The minimum absolute atomic E-state index is 0.0191. The summed E-state index contributed by atoms with van der Waals surface area (Å²) >= 11 is 1.55. The van der Waals surface area contributed by atoms with E-state index in [4.69, 9.17) is 0 Å². The van der Waals surface area contributed by atoms with Crippen molar-refractivity contribution < 1.29 is 9.90 Å². The fraction of sp³-hybridized carbons (Fsp3) is 0.333. The number of hydrogen-bond acceptors (Lipinski definition) is 4. The third-order valence-corrected chi connectivity index (χ3v) is 4.84. The Kier molecular flexibility index (Phi) is 4.97. The van der Waals surface area contributed by atoms with Gasteiger partial charge in [0.2, 0.25) is 5.91 Å². The van der Waals surface area contributed by atoms with E-state index >= 15 is 0 Å². The van der Waals surface area contributed by atoms with Gasteiger partial charge in [-0.25, -0.2) is 4.98 Å². The fourth-order valence-electron chi connectivity index (χ4n) is 2.64. The number of nitrogens with zero attached hydrogens (tertiary/aromatic N) is 3. The van der Waals surface area contributed by atoms with Crippen molar-refractivity contribution in [2.75, 3.05) is 13.1 Å². The van der Waals surface area contributed by atoms with Crippen LogP contribution in [0.2, 0.25) is 0 Å². The van der Waals surface area contributed by atoms with Crippen molar-refractivity contribution in [2.24, 2.45) is 0 Å². The summed E-state index contributed by atoms with van der Waals surface area (Å²) in [7, 11) is 0. The molecular formula is C18H21N3O2S. The highest BCUT2D eigenvalue weighted by Crippen LogP contribution is 2.16. The maximum absolute atomic E-state index is 12.5. The van der Waals surface area contributed by atoms with E-state index in [2.05, 4.69) is 4.98 Å². The highest BCUT2D eigenvalue weighted by atomic mass is 32.1. The molecule has 126 valence electrons. The summed E-state index contributed by atoms with van der Waals surface area (Å²) < 4.78 is 1.92. The zero-order valence-corrected chi connectivity index (χ0v) is 14.7. The van der Waals surface area contributed by atoms with Gasteiger partial charge in [0.25, 0.3) is 0 Å². The van der Waals surface area contributed by atoms with E-state index in [0.717, 1.165) is 21.8 Å². The fourth-order valence-corrected chi connectivity index (χ4v) is 3.36. The molecule has 3 rings (SSSR count). The van der Waals surface area contributed by atoms with E-state index in [1.807, 2.05) is 60.3 Å². The van der Waals surface area contributed by atoms with Gasteiger partial charge in [-0.3, -0.25) is 9.20 Å². The molecule has 0 aliphatic rings. The summed E-state index contributed by atoms with van der Waals surface area (Å²) in [5, 5.41) is 12.4. The van der Waals surface area contributed by atoms with Gasteiger partial charge in [0, 0.05) is 24.3 Å². The first-order valence-corrected chi connectivity index (χ1v) is 8.88. The molecule has 0 aliphatic heterocycles. The van der Waals surface area contributed by atoms with Gasteiger partial charge < -0.3 is 10.0 Å². The largest absolute Gasteiger partial charge is 0.387 e. The van der Waals surface area contributed by atoms with Crippen LogP contribution in [0.3, 0.4) is 0 Å². The lowest BCUT2D eigenvalue weighted by Gasteiger charge is -2.24. The number of rotatable bonds is 6. The van der Waals surface area contributed by atoms with Crippen molar-refractivity contribution in [3.63, 3.8) is 0 Å². The number of benzene rings is 1. The van der Waals surface area contributed by atoms with E-state index < -0.39 is 6.10 Å². The first kappa shape index (κ1) is 16.7. The standard InChI is InChI=1S/C18H21N3O2S/c1-3-20(12-16(22)14-6-4-13(2)5-7-14)17(23)10-15-11-21-8-9-24-18(21)19-15/h4-9,11,16,22H,3,10,12H2,1-2H3. The normalized spacial score (nSPS) is 12.5. The number of carbonyl (C=O) groups excluding carboxylic acids is 1. The second-order valence-corrected chi connectivity index (χ2v) is 6.73. The average Bonchev–Trinajstić information content (AvgIpc) is 3.14. The molecule has 24 heavy (non-hydrogen) atoms. The number of hydrogen-bond donors (Lipinski definition) is 1. The maximum Gasteiger partial charge on any atom is 0.228 e. The number of amides is 1. The SMILES string of the molecule is CCN(CC(O)c1ccc(C)cc1)C(=O)Cc1cn2ccsc2n1. The third-order valence-electron chi connectivity index (χ3n) is 4.07. The quantitative estimate of drug-likeness (QED) is 0.749. The smallest absolute Gasteiger partial charge is 0.228 e. The molecule has 1 aromatic carbocycles. The van der Waals surface area contributed by atoms with Gasteiger partial charge >= 0.3 is 0 Å². The number of likely N-dealkylation sites (N-methyl/N-ethyl adjacent to an activating group) is 1. The molecule has 1 amide bonds. The second-order valence-electron chi connectivity index (χ2n) is 5.86. The number of aliphatic hydroxyl groups excluding tert-OH is 1. The number of aromatic nitrogens is 2. The summed E-state index contributed by atoms with van der Waals surface area (Å²) in [6.07, 6.45) is 3.39. The van der Waals surface area contributed by atoms with Crippen molar-refractivity contribution in [1.82, 2.24) is 14.3 Å². The summed E-state index contributed by atoms with van der Waals surface area (Å²) in [5.74, 6) is -0.0191. The molecule has 2 aromatic heterocycles. The zero-order chi connectivity index (χ0) is 17.1. The summed E-state index contributed by atoms with van der Waals surface area (Å²) in [4.78, 5) is 19.5. The van der Waals surface area contributed by atoms with E-state index in [1.165, 1.54) is 0 Å². The van der Waals surface area contributed by atoms with Crippen molar-refractivity contribution in [3.8, 4) is 0 Å². The molecule has 0 spiro atoms. The zero-order valence-electron chi connectivity index (χ0n) is 13.8. The van der Waals surface area contributed by atoms with Crippen LogP contribution in [0, 0.1) is 6.92 Å². The molecule has 1 unspecified atom stereocenters. The monoisotopic (exact) mass is 343 g/mol. The molecule has 0 aliphatic carbocycles. The predicted octanol–water partition coefficient (Wildman–Crippen LogP) is 2.83. The number of thiazole rings is 1. The molecule has 3 aromatic rings. The topological polar surface area (TPSA) is 57.8 Å². The number of carbonyl (C=O) groups is 1. The summed E-state index contributed by atoms with van der Waals surface area (Å²) in [6.45, 7) is 4.78. The van der Waals surface area contributed by atoms with Crippen LogP contribution in [0.15, 0.2) is 42.0 Å². The lowest BCUT2D eigenvalue weighted by Crippen LogP contribution is -2.35. The molecule has 6 heteroatoms. The van der Waals surface area contributed by atoms with E-state index in [1.54, 1.807) is 16.2 Å². The van der Waals surface area contributed by atoms with Crippen LogP contribution >= 0.6 is 11.3 Å². The third kappa shape index (κ3) is 3.66. The van der Waals surface area contributed by atoms with Crippen molar-refractivity contribution >= 4 is 22.2 Å². The highest BCUT2D eigenvalue weighted by molar-refractivity contribution is 7.15. The van der Waals surface area contributed by atoms with Crippen LogP contribution in [0.4, 0.5) is 0 Å². The molecular weight excluding hydrogens is 322 g/mol. The maximum atomic E-state index is 12.5. The van der Waals surface area contributed by atoms with E-state index in [0.29, 0.717) is 13.1 Å². The number of aryl methyl sites for hydroxylation is 1. The Morgan fingerprint density at radius 1 is 1.38 bits per heavy atom. The van der Waals surface area contributed by atoms with E-state index in [-0.39, 0.29) is 12.3 Å². The minimum Gasteiger partial charge on any atom is -0.387 e. The average molecular weight is 343 g/mol. The van der Waals surface area contributed by atoms with Crippen LogP contribution in [-0.2, 0) is 11.2 Å². The first-order chi connectivity index (χ1) is 11.6. The van der Waals surface area contributed by atoms with Crippen molar-refractivity contribution in [3.05, 3.63) is 58.9 Å². The van der Waals surface area contributed by atoms with Gasteiger partial charge in [-0.15, -0.1) is 11.3 Å². The lowest BCUT2D eigenvalue weighted by atomic mass is 10.1. The van der Waals surface area contributed by atoms with Gasteiger partial charge in [-0.1, -0.05) is 29.8 Å². The van der Waals surface area contributed by atoms with Crippen molar-refractivity contribution in [1.29, 1.82) is 0 Å². The predicted molar refractivity (Wildman–Crippen MR) is 95.2 cm³/mol. The van der Waals surface area contributed by atoms with Gasteiger partial charge in [-0.2, -0.15) is 0 Å². The first-order valence-electron chi connectivity index (χ1n) is 8.00. The molecule has 0 saturated carbocycles. The van der Waals surface area contributed by atoms with Crippen LogP contribution < -0.4 is 0 Å². The van der Waals surface area contributed by atoms with Crippen molar-refractivity contribution in [2.45, 2.75) is 26.4 Å². The Balaban J connectivity index is 1.65. The molecule has 0 bridgehead atoms. The second kappa shape index (κ2) is 7.15. The van der Waals surface area contributed by atoms with Crippen LogP contribution in [0.1, 0.15) is 29.8 Å². The Bertz CT molecular complexity index is 794. The lowest BCUT2D eigenvalue weighted by molar-refractivity contribution is -0.131. The molecule has 0 saturated heterocycles. The Hall–Kier alpha value is -2.18.